The van der Waals surface area contributed by atoms with E-state index < -0.39 is 5.60 Å². The van der Waals surface area contributed by atoms with Gasteiger partial charge in [-0.1, -0.05) is 33.1 Å². The van der Waals surface area contributed by atoms with Crippen LogP contribution < -0.4 is 5.32 Å². The molecule has 3 nitrogen and oxygen atoms in total. The Morgan fingerprint density at radius 2 is 1.82 bits per heavy atom. The average Bonchev–Trinajstić information content (AvgIpc) is 2.13. The third-order valence-corrected chi connectivity index (χ3v) is 2.79. The molecule has 2 atom stereocenters. The first-order chi connectivity index (χ1) is 7.74. The maximum absolute atomic E-state index is 11.5. The van der Waals surface area contributed by atoms with Crippen LogP contribution in [0.1, 0.15) is 67.2 Å². The number of carbonyl (C=O) groups is 1. The van der Waals surface area contributed by atoms with E-state index in [1.165, 1.54) is 12.8 Å². The Kier molecular flexibility index (Phi) is 7.24. The molecule has 0 heterocycles. The minimum Gasteiger partial charge on any atom is -0.444 e. The van der Waals surface area contributed by atoms with E-state index >= 15 is 0 Å². The van der Waals surface area contributed by atoms with E-state index in [0.29, 0.717) is 0 Å². The fraction of sp³-hybridized carbons (Fsp3) is 0.929. The first-order valence-electron chi connectivity index (χ1n) is 6.74. The van der Waals surface area contributed by atoms with Crippen molar-refractivity contribution >= 4 is 6.09 Å². The highest BCUT2D eigenvalue weighted by Crippen LogP contribution is 2.13. The second kappa shape index (κ2) is 7.57. The summed E-state index contributed by atoms with van der Waals surface area (Å²) in [5.74, 6) is 0.781. The molecule has 0 aliphatic rings. The van der Waals surface area contributed by atoms with Gasteiger partial charge in [0.05, 0.1) is 0 Å². The molecule has 0 saturated heterocycles. The van der Waals surface area contributed by atoms with Crippen LogP contribution in [0.3, 0.4) is 0 Å². The minimum absolute atomic E-state index is 0.189. The van der Waals surface area contributed by atoms with Crippen molar-refractivity contribution in [3.63, 3.8) is 0 Å². The van der Waals surface area contributed by atoms with Crippen molar-refractivity contribution in [1.82, 2.24) is 5.32 Å². The Hall–Kier alpha value is -0.730. The van der Waals surface area contributed by atoms with Crippen LogP contribution in [0.25, 0.3) is 0 Å². The summed E-state index contributed by atoms with van der Waals surface area (Å²) >= 11 is 0. The summed E-state index contributed by atoms with van der Waals surface area (Å²) < 4.78 is 5.21. The maximum atomic E-state index is 11.5. The molecule has 0 spiro atoms. The van der Waals surface area contributed by atoms with Crippen LogP contribution in [0, 0.1) is 5.92 Å². The molecular formula is C14H29NO2. The number of carbonyl (C=O) groups excluding carboxylic acids is 1. The van der Waals surface area contributed by atoms with Crippen molar-refractivity contribution in [2.75, 3.05) is 0 Å². The van der Waals surface area contributed by atoms with E-state index in [0.717, 1.165) is 18.8 Å². The summed E-state index contributed by atoms with van der Waals surface area (Å²) in [6, 6.07) is 0.189. The van der Waals surface area contributed by atoms with Gasteiger partial charge >= 0.3 is 6.09 Å². The quantitative estimate of drug-likeness (QED) is 0.762. The molecule has 0 rings (SSSR count). The summed E-state index contributed by atoms with van der Waals surface area (Å²) in [6.45, 7) is 12.1. The van der Waals surface area contributed by atoms with Crippen LogP contribution in [-0.2, 0) is 4.74 Å². The van der Waals surface area contributed by atoms with Gasteiger partial charge in [0.15, 0.2) is 0 Å². The van der Waals surface area contributed by atoms with Gasteiger partial charge in [0, 0.05) is 6.04 Å². The van der Waals surface area contributed by atoms with E-state index in [2.05, 4.69) is 19.2 Å². The van der Waals surface area contributed by atoms with E-state index in [-0.39, 0.29) is 12.1 Å². The average molecular weight is 243 g/mol. The zero-order chi connectivity index (χ0) is 13.5. The lowest BCUT2D eigenvalue weighted by atomic mass is 10.00. The molecule has 2 unspecified atom stereocenters. The molecule has 0 aromatic carbocycles. The molecule has 0 bridgehead atoms. The summed E-state index contributed by atoms with van der Waals surface area (Å²) in [7, 11) is 0. The van der Waals surface area contributed by atoms with Gasteiger partial charge in [-0.05, 0) is 40.0 Å². The van der Waals surface area contributed by atoms with Crippen molar-refractivity contribution in [3.05, 3.63) is 0 Å². The second-order valence-corrected chi connectivity index (χ2v) is 5.99. The lowest BCUT2D eigenvalue weighted by Gasteiger charge is -2.22. The molecule has 17 heavy (non-hydrogen) atoms. The zero-order valence-corrected chi connectivity index (χ0v) is 12.3. The van der Waals surface area contributed by atoms with Crippen LogP contribution in [-0.4, -0.2) is 17.7 Å². The van der Waals surface area contributed by atoms with Crippen molar-refractivity contribution in [2.45, 2.75) is 78.9 Å². The van der Waals surface area contributed by atoms with Gasteiger partial charge in [0.25, 0.3) is 0 Å². The smallest absolute Gasteiger partial charge is 0.407 e. The Labute approximate surface area is 106 Å². The van der Waals surface area contributed by atoms with Crippen molar-refractivity contribution in [3.8, 4) is 0 Å². The van der Waals surface area contributed by atoms with Gasteiger partial charge in [0.2, 0.25) is 0 Å². The third kappa shape index (κ3) is 10.2. The largest absolute Gasteiger partial charge is 0.444 e. The van der Waals surface area contributed by atoms with Crippen molar-refractivity contribution in [1.29, 1.82) is 0 Å². The summed E-state index contributed by atoms with van der Waals surface area (Å²) in [5.41, 5.74) is -0.416. The first kappa shape index (κ1) is 16.3. The van der Waals surface area contributed by atoms with Gasteiger partial charge < -0.3 is 10.1 Å². The molecule has 0 aromatic heterocycles. The van der Waals surface area contributed by atoms with Crippen LogP contribution in [0.4, 0.5) is 4.79 Å². The van der Waals surface area contributed by atoms with Gasteiger partial charge in [-0.15, -0.1) is 0 Å². The van der Waals surface area contributed by atoms with Crippen LogP contribution >= 0.6 is 0 Å². The Morgan fingerprint density at radius 3 is 2.29 bits per heavy atom. The van der Waals surface area contributed by atoms with Gasteiger partial charge in [-0.25, -0.2) is 4.79 Å². The lowest BCUT2D eigenvalue weighted by Crippen LogP contribution is -2.37. The number of amides is 1. The van der Waals surface area contributed by atoms with Crippen LogP contribution in [0.5, 0.6) is 0 Å². The topological polar surface area (TPSA) is 38.3 Å². The van der Waals surface area contributed by atoms with E-state index in [9.17, 15) is 4.79 Å². The standard InChI is InChI=1S/C14H29NO2/c1-7-11(2)9-8-10-12(3)15-13(16)17-14(4,5)6/h11-12H,7-10H2,1-6H3,(H,15,16). The predicted molar refractivity (Wildman–Crippen MR) is 72.1 cm³/mol. The number of ether oxygens (including phenoxy) is 1. The SMILES string of the molecule is CCC(C)CCCC(C)NC(=O)OC(C)(C)C. The van der Waals surface area contributed by atoms with Crippen molar-refractivity contribution < 1.29 is 9.53 Å². The highest BCUT2D eigenvalue weighted by Gasteiger charge is 2.17. The van der Waals surface area contributed by atoms with E-state index in [4.69, 9.17) is 4.74 Å². The Bertz CT molecular complexity index is 221. The fourth-order valence-corrected chi connectivity index (χ4v) is 1.56. The highest BCUT2D eigenvalue weighted by atomic mass is 16.6. The monoisotopic (exact) mass is 243 g/mol. The summed E-state index contributed by atoms with van der Waals surface area (Å²) in [4.78, 5) is 11.5. The van der Waals surface area contributed by atoms with Gasteiger partial charge in [0.1, 0.15) is 5.60 Å². The molecule has 0 aromatic rings. The molecule has 1 N–H and O–H groups in total. The third-order valence-electron chi connectivity index (χ3n) is 2.79. The summed E-state index contributed by atoms with van der Waals surface area (Å²) in [5, 5.41) is 2.87. The normalized spacial score (nSPS) is 15.2. The molecule has 102 valence electrons. The van der Waals surface area contributed by atoms with Crippen molar-refractivity contribution in [2.24, 2.45) is 5.92 Å². The Balaban J connectivity index is 3.71. The van der Waals surface area contributed by atoms with E-state index in [1.807, 2.05) is 27.7 Å². The minimum atomic E-state index is -0.416. The Morgan fingerprint density at radius 1 is 1.24 bits per heavy atom. The number of hydrogen-bond donors (Lipinski definition) is 1. The molecule has 0 aliphatic heterocycles. The second-order valence-electron chi connectivity index (χ2n) is 5.99. The fourth-order valence-electron chi connectivity index (χ4n) is 1.56. The van der Waals surface area contributed by atoms with Gasteiger partial charge in [-0.2, -0.15) is 0 Å². The van der Waals surface area contributed by atoms with E-state index in [1.54, 1.807) is 0 Å². The number of nitrogens with one attached hydrogen (secondary N) is 1. The highest BCUT2D eigenvalue weighted by molar-refractivity contribution is 5.67. The van der Waals surface area contributed by atoms with Gasteiger partial charge in [-0.3, -0.25) is 0 Å². The zero-order valence-electron chi connectivity index (χ0n) is 12.3. The molecule has 0 radical (unpaired) electrons. The predicted octanol–water partition coefficient (Wildman–Crippen LogP) is 4.12. The maximum Gasteiger partial charge on any atom is 0.407 e. The summed E-state index contributed by atoms with van der Waals surface area (Å²) in [6.07, 6.45) is 4.33. The molecule has 0 aliphatic carbocycles. The molecule has 0 fully saturated rings. The van der Waals surface area contributed by atoms with Crippen LogP contribution in [0.2, 0.25) is 0 Å². The molecule has 1 amide bonds. The number of rotatable bonds is 6. The molecule has 3 heteroatoms. The number of hydrogen-bond acceptors (Lipinski definition) is 2. The first-order valence-corrected chi connectivity index (χ1v) is 6.74. The lowest BCUT2D eigenvalue weighted by molar-refractivity contribution is 0.0505. The molecular weight excluding hydrogens is 214 g/mol. The van der Waals surface area contributed by atoms with Crippen LogP contribution in [0.15, 0.2) is 0 Å². The number of alkyl carbamates (subject to hydrolysis) is 1. The molecule has 0 saturated carbocycles.